The summed E-state index contributed by atoms with van der Waals surface area (Å²) in [6.45, 7) is 3.07. The van der Waals surface area contributed by atoms with Gasteiger partial charge in [-0.1, -0.05) is 6.07 Å². The smallest absolute Gasteiger partial charge is 0.0498 e. The summed E-state index contributed by atoms with van der Waals surface area (Å²) in [5, 5.41) is 4.60. The molecule has 0 aliphatic rings. The molecule has 0 aliphatic carbocycles. The van der Waals surface area contributed by atoms with E-state index in [1.165, 1.54) is 16.6 Å². The van der Waals surface area contributed by atoms with Crippen molar-refractivity contribution >= 4 is 16.6 Å². The molecule has 0 fully saturated rings. The molecule has 1 aromatic heterocycles. The minimum Gasteiger partial charge on any atom is -0.385 e. The van der Waals surface area contributed by atoms with Gasteiger partial charge in [-0.2, -0.15) is 0 Å². The number of rotatable bonds is 2. The number of benzene rings is 1. The van der Waals surface area contributed by atoms with E-state index in [0.29, 0.717) is 0 Å². The van der Waals surface area contributed by atoms with Gasteiger partial charge in [0.1, 0.15) is 0 Å². The Labute approximate surface area is 78.2 Å². The Morgan fingerprint density at radius 1 is 1.31 bits per heavy atom. The molecule has 0 atom stereocenters. The first kappa shape index (κ1) is 8.17. The Morgan fingerprint density at radius 3 is 2.92 bits per heavy atom. The van der Waals surface area contributed by atoms with Crippen LogP contribution < -0.4 is 5.32 Å². The van der Waals surface area contributed by atoms with Crippen molar-refractivity contribution in [3.63, 3.8) is 0 Å². The number of anilines is 1. The molecule has 0 radical (unpaired) electrons. The third-order valence-electron chi connectivity index (χ3n) is 2.27. The predicted molar refractivity (Wildman–Crippen MR) is 57.1 cm³/mol. The molecule has 2 heteroatoms. The van der Waals surface area contributed by atoms with Crippen LogP contribution in [-0.4, -0.2) is 11.1 Å². The molecular weight excluding hydrogens is 160 g/mol. The van der Waals surface area contributed by atoms with Crippen molar-refractivity contribution in [2.24, 2.45) is 7.05 Å². The van der Waals surface area contributed by atoms with Gasteiger partial charge in [-0.25, -0.2) is 0 Å². The summed E-state index contributed by atoms with van der Waals surface area (Å²) in [5.41, 5.74) is 2.47. The lowest BCUT2D eigenvalue weighted by atomic mass is 10.2. The van der Waals surface area contributed by atoms with Gasteiger partial charge in [0.05, 0.1) is 0 Å². The normalized spacial score (nSPS) is 10.6. The molecule has 13 heavy (non-hydrogen) atoms. The number of hydrogen-bond acceptors (Lipinski definition) is 1. The van der Waals surface area contributed by atoms with Crippen molar-refractivity contribution in [2.45, 2.75) is 6.92 Å². The van der Waals surface area contributed by atoms with E-state index in [1.54, 1.807) is 0 Å². The second kappa shape index (κ2) is 3.13. The summed E-state index contributed by atoms with van der Waals surface area (Å²) in [5.74, 6) is 0. The van der Waals surface area contributed by atoms with E-state index in [-0.39, 0.29) is 0 Å². The average molecular weight is 174 g/mol. The van der Waals surface area contributed by atoms with Gasteiger partial charge in [0, 0.05) is 31.0 Å². The molecular formula is C11H14N2. The molecule has 0 unspecified atom stereocenters. The molecule has 0 aliphatic heterocycles. The van der Waals surface area contributed by atoms with Gasteiger partial charge in [-0.3, -0.25) is 0 Å². The van der Waals surface area contributed by atoms with Crippen LogP contribution in [0.15, 0.2) is 30.5 Å². The highest BCUT2D eigenvalue weighted by molar-refractivity contribution is 5.83. The molecule has 1 heterocycles. The number of fused-ring (bicyclic) bond motifs is 1. The molecule has 2 rings (SSSR count). The highest BCUT2D eigenvalue weighted by Gasteiger charge is 1.97. The van der Waals surface area contributed by atoms with E-state index < -0.39 is 0 Å². The van der Waals surface area contributed by atoms with Gasteiger partial charge in [0.15, 0.2) is 0 Å². The van der Waals surface area contributed by atoms with Crippen LogP contribution in [-0.2, 0) is 7.05 Å². The SMILES string of the molecule is CCNc1ccc2ccn(C)c2c1. The first-order valence-electron chi connectivity index (χ1n) is 4.60. The summed E-state index contributed by atoms with van der Waals surface area (Å²) >= 11 is 0. The van der Waals surface area contributed by atoms with Crippen LogP contribution in [0.5, 0.6) is 0 Å². The van der Waals surface area contributed by atoms with E-state index in [2.05, 4.69) is 54.3 Å². The van der Waals surface area contributed by atoms with E-state index in [9.17, 15) is 0 Å². The zero-order valence-corrected chi connectivity index (χ0v) is 8.04. The zero-order valence-electron chi connectivity index (χ0n) is 8.04. The lowest BCUT2D eigenvalue weighted by Crippen LogP contribution is -1.96. The molecule has 0 amide bonds. The Bertz CT molecular complexity index is 415. The molecule has 68 valence electrons. The van der Waals surface area contributed by atoms with Crippen molar-refractivity contribution in [2.75, 3.05) is 11.9 Å². The monoisotopic (exact) mass is 174 g/mol. The van der Waals surface area contributed by atoms with Gasteiger partial charge in [-0.05, 0) is 30.5 Å². The van der Waals surface area contributed by atoms with Crippen LogP contribution in [0.4, 0.5) is 5.69 Å². The first-order valence-corrected chi connectivity index (χ1v) is 4.60. The number of hydrogen-bond donors (Lipinski definition) is 1. The van der Waals surface area contributed by atoms with Crippen LogP contribution in [0, 0.1) is 0 Å². The number of aromatic nitrogens is 1. The summed E-state index contributed by atoms with van der Waals surface area (Å²) in [6.07, 6.45) is 2.08. The summed E-state index contributed by atoms with van der Waals surface area (Å²) in [4.78, 5) is 0. The highest BCUT2D eigenvalue weighted by atomic mass is 14.9. The largest absolute Gasteiger partial charge is 0.385 e. The Balaban J connectivity index is 2.53. The van der Waals surface area contributed by atoms with E-state index in [1.807, 2.05) is 0 Å². The number of nitrogens with zero attached hydrogens (tertiary/aromatic N) is 1. The Morgan fingerprint density at radius 2 is 2.15 bits per heavy atom. The molecule has 2 aromatic rings. The first-order chi connectivity index (χ1) is 6.31. The maximum absolute atomic E-state index is 3.30. The molecule has 2 nitrogen and oxygen atoms in total. The van der Waals surface area contributed by atoms with E-state index >= 15 is 0 Å². The van der Waals surface area contributed by atoms with E-state index in [0.717, 1.165) is 6.54 Å². The lowest BCUT2D eigenvalue weighted by molar-refractivity contribution is 0.969. The van der Waals surface area contributed by atoms with Crippen molar-refractivity contribution in [3.05, 3.63) is 30.5 Å². The molecule has 0 saturated carbocycles. The van der Waals surface area contributed by atoms with Gasteiger partial charge in [0.2, 0.25) is 0 Å². The quantitative estimate of drug-likeness (QED) is 0.740. The summed E-state index contributed by atoms with van der Waals surface area (Å²) in [7, 11) is 2.07. The second-order valence-corrected chi connectivity index (χ2v) is 3.23. The third kappa shape index (κ3) is 1.39. The minimum absolute atomic E-state index is 0.968. The van der Waals surface area contributed by atoms with Crippen molar-refractivity contribution in [1.82, 2.24) is 4.57 Å². The van der Waals surface area contributed by atoms with Crippen LogP contribution in [0.25, 0.3) is 10.9 Å². The lowest BCUT2D eigenvalue weighted by Gasteiger charge is -2.03. The number of aryl methyl sites for hydroxylation is 1. The molecule has 1 aromatic carbocycles. The summed E-state index contributed by atoms with van der Waals surface area (Å²) < 4.78 is 2.14. The van der Waals surface area contributed by atoms with Crippen LogP contribution >= 0.6 is 0 Å². The fourth-order valence-corrected chi connectivity index (χ4v) is 1.58. The van der Waals surface area contributed by atoms with Crippen molar-refractivity contribution in [3.8, 4) is 0 Å². The Hall–Kier alpha value is -1.44. The maximum Gasteiger partial charge on any atom is 0.0498 e. The fraction of sp³-hybridized carbons (Fsp3) is 0.273. The Kier molecular flexibility index (Phi) is 1.97. The van der Waals surface area contributed by atoms with Crippen LogP contribution in [0.1, 0.15) is 6.92 Å². The maximum atomic E-state index is 3.30. The molecule has 0 spiro atoms. The van der Waals surface area contributed by atoms with Gasteiger partial charge in [0.25, 0.3) is 0 Å². The van der Waals surface area contributed by atoms with Crippen molar-refractivity contribution < 1.29 is 0 Å². The van der Waals surface area contributed by atoms with Gasteiger partial charge in [-0.15, -0.1) is 0 Å². The number of nitrogens with one attached hydrogen (secondary N) is 1. The van der Waals surface area contributed by atoms with Crippen LogP contribution in [0.2, 0.25) is 0 Å². The zero-order chi connectivity index (χ0) is 9.26. The standard InChI is InChI=1S/C11H14N2/c1-3-12-10-5-4-9-6-7-13(2)11(9)8-10/h4-8,12H,3H2,1-2H3. The molecule has 0 saturated heterocycles. The van der Waals surface area contributed by atoms with Gasteiger partial charge >= 0.3 is 0 Å². The predicted octanol–water partition coefficient (Wildman–Crippen LogP) is 2.61. The fourth-order valence-electron chi connectivity index (χ4n) is 1.58. The highest BCUT2D eigenvalue weighted by Crippen LogP contribution is 2.19. The van der Waals surface area contributed by atoms with Crippen molar-refractivity contribution in [1.29, 1.82) is 0 Å². The van der Waals surface area contributed by atoms with Gasteiger partial charge < -0.3 is 9.88 Å². The van der Waals surface area contributed by atoms with E-state index in [4.69, 9.17) is 0 Å². The third-order valence-corrected chi connectivity index (χ3v) is 2.27. The molecule has 0 bridgehead atoms. The summed E-state index contributed by atoms with van der Waals surface area (Å²) in [6, 6.07) is 8.57. The molecule has 1 N–H and O–H groups in total. The van der Waals surface area contributed by atoms with Crippen LogP contribution in [0.3, 0.4) is 0 Å². The minimum atomic E-state index is 0.968. The topological polar surface area (TPSA) is 17.0 Å². The average Bonchev–Trinajstić information content (AvgIpc) is 2.49. The second-order valence-electron chi connectivity index (χ2n) is 3.23.